The van der Waals surface area contributed by atoms with E-state index in [-0.39, 0.29) is 43.3 Å². The van der Waals surface area contributed by atoms with Crippen LogP contribution in [0.5, 0.6) is 0 Å². The average Bonchev–Trinajstić information content (AvgIpc) is 3.30. The monoisotopic (exact) mass is 919 g/mol. The van der Waals surface area contributed by atoms with E-state index >= 15 is 0 Å². The molecule has 65 heavy (non-hydrogen) atoms. The SMILES string of the molecule is CCCCCCCCCCCCCCCCCC(=O)OC(COC(=O)CCCCCCCC=CC[C@H](O)CCCCCC)COC(=O)CCCCCCCC=CC[C@H](O)CCCCCC. The third-order valence-corrected chi connectivity index (χ3v) is 12.6. The molecule has 0 unspecified atom stereocenters. The van der Waals surface area contributed by atoms with Crippen LogP contribution < -0.4 is 0 Å². The standard InChI is InChI=1S/C57H106O8/c1-4-7-10-13-14-15-16-17-18-19-20-21-30-35-42-49-57(62)65-54(50-63-55(60)47-40-33-28-24-22-26-31-38-45-52(58)43-36-11-8-5-2)51-64-56(61)48-41-34-29-25-23-27-32-39-46-53(59)44-37-12-9-6-3/h31-32,38-39,52-54,58-59H,4-30,33-37,40-51H2,1-3H3/t52-,53-,54?/m1/s1. The lowest BCUT2D eigenvalue weighted by molar-refractivity contribution is -0.167. The Balaban J connectivity index is 4.44. The van der Waals surface area contributed by atoms with Crippen LogP contribution in [-0.2, 0) is 28.6 Å². The number of rotatable bonds is 51. The number of carbonyl (C=O) groups is 3. The average molecular weight is 919 g/mol. The van der Waals surface area contributed by atoms with Gasteiger partial charge in [-0.3, -0.25) is 14.4 Å². The zero-order valence-corrected chi connectivity index (χ0v) is 43.0. The molecule has 0 fully saturated rings. The first-order chi connectivity index (χ1) is 31.8. The lowest BCUT2D eigenvalue weighted by Crippen LogP contribution is -2.30. The Kier molecular flexibility index (Phi) is 49.5. The highest BCUT2D eigenvalue weighted by atomic mass is 16.6. The molecule has 0 saturated carbocycles. The third kappa shape index (κ3) is 49.5. The van der Waals surface area contributed by atoms with Gasteiger partial charge in [0, 0.05) is 19.3 Å². The first kappa shape index (κ1) is 62.8. The van der Waals surface area contributed by atoms with Gasteiger partial charge in [-0.05, 0) is 70.6 Å². The summed E-state index contributed by atoms with van der Waals surface area (Å²) in [5.74, 6) is -0.970. The molecule has 8 nitrogen and oxygen atoms in total. The fourth-order valence-electron chi connectivity index (χ4n) is 8.23. The van der Waals surface area contributed by atoms with Crippen molar-refractivity contribution in [1.29, 1.82) is 0 Å². The summed E-state index contributed by atoms with van der Waals surface area (Å²) < 4.78 is 16.8. The predicted molar refractivity (Wildman–Crippen MR) is 273 cm³/mol. The molecule has 0 spiro atoms. The van der Waals surface area contributed by atoms with Gasteiger partial charge >= 0.3 is 17.9 Å². The summed E-state index contributed by atoms with van der Waals surface area (Å²) in [7, 11) is 0. The summed E-state index contributed by atoms with van der Waals surface area (Å²) in [5, 5.41) is 20.2. The van der Waals surface area contributed by atoms with Crippen molar-refractivity contribution >= 4 is 17.9 Å². The molecular formula is C57H106O8. The van der Waals surface area contributed by atoms with Crippen LogP contribution >= 0.6 is 0 Å². The van der Waals surface area contributed by atoms with Gasteiger partial charge in [0.2, 0.25) is 0 Å². The fraction of sp³-hybridized carbons (Fsp3) is 0.877. The van der Waals surface area contributed by atoms with Crippen LogP contribution in [0.4, 0.5) is 0 Å². The lowest BCUT2D eigenvalue weighted by atomic mass is 10.0. The first-order valence-electron chi connectivity index (χ1n) is 28.0. The number of esters is 3. The van der Waals surface area contributed by atoms with E-state index in [1.165, 1.54) is 116 Å². The van der Waals surface area contributed by atoms with Gasteiger partial charge in [0.05, 0.1) is 12.2 Å². The second kappa shape index (κ2) is 51.2. The molecule has 2 N–H and O–H groups in total. The largest absolute Gasteiger partial charge is 0.462 e. The minimum atomic E-state index is -0.808. The highest BCUT2D eigenvalue weighted by molar-refractivity contribution is 5.71. The van der Waals surface area contributed by atoms with Gasteiger partial charge in [0.15, 0.2) is 6.10 Å². The van der Waals surface area contributed by atoms with E-state index in [0.717, 1.165) is 135 Å². The van der Waals surface area contributed by atoms with Crippen molar-refractivity contribution in [3.05, 3.63) is 24.3 Å². The molecule has 2 atom stereocenters. The van der Waals surface area contributed by atoms with Gasteiger partial charge in [-0.25, -0.2) is 0 Å². The van der Waals surface area contributed by atoms with Crippen LogP contribution in [0.3, 0.4) is 0 Å². The molecule has 0 aromatic heterocycles. The molecule has 0 saturated heterocycles. The number of allylic oxidation sites excluding steroid dienone is 2. The highest BCUT2D eigenvalue weighted by Crippen LogP contribution is 2.16. The molecule has 0 heterocycles. The molecule has 0 aliphatic carbocycles. The van der Waals surface area contributed by atoms with Crippen LogP contribution in [0.1, 0.15) is 290 Å². The molecular weight excluding hydrogens is 813 g/mol. The first-order valence-corrected chi connectivity index (χ1v) is 28.0. The summed E-state index contributed by atoms with van der Waals surface area (Å²) in [6, 6.07) is 0. The normalized spacial score (nSPS) is 13.1. The Hall–Kier alpha value is -2.19. The molecule has 0 bridgehead atoms. The number of ether oxygens (including phenoxy) is 3. The summed E-state index contributed by atoms with van der Waals surface area (Å²) in [6.07, 6.45) is 51.9. The number of hydrogen-bond acceptors (Lipinski definition) is 8. The highest BCUT2D eigenvalue weighted by Gasteiger charge is 2.19. The van der Waals surface area contributed by atoms with E-state index in [1.54, 1.807) is 0 Å². The molecule has 0 radical (unpaired) electrons. The van der Waals surface area contributed by atoms with Gasteiger partial charge in [-0.2, -0.15) is 0 Å². The summed E-state index contributed by atoms with van der Waals surface area (Å²) >= 11 is 0. The van der Waals surface area contributed by atoms with Crippen LogP contribution in [0.2, 0.25) is 0 Å². The molecule has 0 aromatic rings. The minimum Gasteiger partial charge on any atom is -0.462 e. The van der Waals surface area contributed by atoms with E-state index in [4.69, 9.17) is 14.2 Å². The molecule has 0 aromatic carbocycles. The van der Waals surface area contributed by atoms with Gasteiger partial charge in [-0.1, -0.05) is 225 Å². The van der Waals surface area contributed by atoms with Crippen molar-refractivity contribution in [3.8, 4) is 0 Å². The van der Waals surface area contributed by atoms with Crippen molar-refractivity contribution < 1.29 is 38.8 Å². The molecule has 0 rings (SSSR count). The van der Waals surface area contributed by atoms with Crippen molar-refractivity contribution in [2.75, 3.05) is 13.2 Å². The third-order valence-electron chi connectivity index (χ3n) is 12.6. The summed E-state index contributed by atoms with van der Waals surface area (Å²) in [4.78, 5) is 38.1. The predicted octanol–water partition coefficient (Wildman–Crippen LogP) is 16.3. The van der Waals surface area contributed by atoms with Gasteiger partial charge < -0.3 is 24.4 Å². The zero-order valence-electron chi connectivity index (χ0n) is 43.0. The number of aliphatic hydroxyl groups is 2. The van der Waals surface area contributed by atoms with E-state index in [1.807, 2.05) is 0 Å². The van der Waals surface area contributed by atoms with Crippen LogP contribution in [0.25, 0.3) is 0 Å². The van der Waals surface area contributed by atoms with Gasteiger partial charge in [0.25, 0.3) is 0 Å². The van der Waals surface area contributed by atoms with Crippen molar-refractivity contribution in [1.82, 2.24) is 0 Å². The Bertz CT molecular complexity index is 1030. The van der Waals surface area contributed by atoms with Crippen LogP contribution in [0.15, 0.2) is 24.3 Å². The molecule has 382 valence electrons. The molecule has 8 heteroatoms. The van der Waals surface area contributed by atoms with Crippen molar-refractivity contribution in [3.63, 3.8) is 0 Å². The van der Waals surface area contributed by atoms with Crippen LogP contribution in [0, 0.1) is 0 Å². The molecule has 0 aliphatic heterocycles. The molecule has 0 aliphatic rings. The van der Waals surface area contributed by atoms with Gasteiger partial charge in [0.1, 0.15) is 13.2 Å². The van der Waals surface area contributed by atoms with E-state index in [0.29, 0.717) is 19.3 Å². The quantitative estimate of drug-likeness (QED) is 0.0268. The second-order valence-electron chi connectivity index (χ2n) is 19.2. The Morgan fingerprint density at radius 2 is 0.662 bits per heavy atom. The van der Waals surface area contributed by atoms with Gasteiger partial charge in [-0.15, -0.1) is 0 Å². The maximum Gasteiger partial charge on any atom is 0.306 e. The van der Waals surface area contributed by atoms with E-state index in [2.05, 4.69) is 45.1 Å². The summed E-state index contributed by atoms with van der Waals surface area (Å²) in [6.45, 7) is 6.45. The number of carbonyl (C=O) groups excluding carboxylic acids is 3. The smallest absolute Gasteiger partial charge is 0.306 e. The Morgan fingerprint density at radius 3 is 1.02 bits per heavy atom. The number of hydrogen-bond donors (Lipinski definition) is 2. The zero-order chi connectivity index (χ0) is 47.5. The number of unbranched alkanes of at least 4 members (excludes halogenated alkanes) is 30. The van der Waals surface area contributed by atoms with Crippen molar-refractivity contribution in [2.24, 2.45) is 0 Å². The second-order valence-corrected chi connectivity index (χ2v) is 19.2. The number of aliphatic hydroxyl groups excluding tert-OH is 2. The maximum absolute atomic E-state index is 12.8. The van der Waals surface area contributed by atoms with Crippen LogP contribution in [-0.4, -0.2) is 59.6 Å². The topological polar surface area (TPSA) is 119 Å². The summed E-state index contributed by atoms with van der Waals surface area (Å²) in [5.41, 5.74) is 0. The Morgan fingerprint density at radius 1 is 0.369 bits per heavy atom. The minimum absolute atomic E-state index is 0.108. The lowest BCUT2D eigenvalue weighted by Gasteiger charge is -2.18. The van der Waals surface area contributed by atoms with E-state index < -0.39 is 6.10 Å². The fourth-order valence-corrected chi connectivity index (χ4v) is 8.23. The van der Waals surface area contributed by atoms with Crippen molar-refractivity contribution in [2.45, 2.75) is 309 Å². The van der Waals surface area contributed by atoms with E-state index in [9.17, 15) is 24.6 Å². The Labute approximate surface area is 401 Å². The molecule has 0 amide bonds. The maximum atomic E-state index is 12.8.